The van der Waals surface area contributed by atoms with E-state index in [1.807, 2.05) is 30.3 Å². The van der Waals surface area contributed by atoms with Gasteiger partial charge in [-0.1, -0.05) is 36.4 Å². The third-order valence-corrected chi connectivity index (χ3v) is 7.77. The summed E-state index contributed by atoms with van der Waals surface area (Å²) in [6, 6.07) is 37.1. The average molecular weight is 656 g/mol. The molecule has 0 fully saturated rings. The van der Waals surface area contributed by atoms with Crippen molar-refractivity contribution in [2.75, 3.05) is 5.32 Å². The van der Waals surface area contributed by atoms with E-state index in [-0.39, 0.29) is 16.7 Å². The van der Waals surface area contributed by atoms with Crippen LogP contribution in [-0.2, 0) is 10.1 Å². The Bertz CT molecular complexity index is 2300. The molecule has 0 aromatic heterocycles. The van der Waals surface area contributed by atoms with E-state index in [2.05, 4.69) is 36.0 Å². The molecule has 48 heavy (non-hydrogen) atoms. The molecule has 0 spiro atoms. The van der Waals surface area contributed by atoms with Crippen LogP contribution in [0.4, 0.5) is 39.8 Å². The number of hydrogen-bond donors (Lipinski definition) is 3. The molecule has 12 nitrogen and oxygen atoms in total. The molecule has 0 atom stereocenters. The highest BCUT2D eigenvalue weighted by Crippen LogP contribution is 2.42. The van der Waals surface area contributed by atoms with E-state index >= 15 is 0 Å². The van der Waals surface area contributed by atoms with Gasteiger partial charge in [-0.25, -0.2) is 0 Å². The van der Waals surface area contributed by atoms with Crippen molar-refractivity contribution in [1.29, 1.82) is 0 Å². The molecule has 0 saturated carbocycles. The maximum Gasteiger partial charge on any atom is 0.296 e. The van der Waals surface area contributed by atoms with Gasteiger partial charge >= 0.3 is 0 Å². The second-order valence-electron chi connectivity index (χ2n) is 10.3. The number of rotatable bonds is 9. The Morgan fingerprint density at radius 2 is 1.02 bits per heavy atom. The Labute approximate surface area is 274 Å². The molecule has 0 aliphatic carbocycles. The summed E-state index contributed by atoms with van der Waals surface area (Å²) >= 11 is 0. The minimum atomic E-state index is -4.83. The summed E-state index contributed by atoms with van der Waals surface area (Å²) < 4.78 is 34.5. The summed E-state index contributed by atoms with van der Waals surface area (Å²) in [6.45, 7) is 0. The van der Waals surface area contributed by atoms with E-state index in [9.17, 15) is 22.9 Å². The fraction of sp³-hybridized carbons (Fsp3) is 0. The van der Waals surface area contributed by atoms with Gasteiger partial charge in [0.15, 0.2) is 5.75 Å². The highest BCUT2D eigenvalue weighted by Gasteiger charge is 2.22. The normalized spacial score (nSPS) is 11.9. The zero-order valence-electron chi connectivity index (χ0n) is 24.9. The van der Waals surface area contributed by atoms with Crippen LogP contribution in [0.2, 0.25) is 0 Å². The number of nitrogens with one attached hydrogen (secondary N) is 1. The van der Waals surface area contributed by atoms with E-state index in [1.54, 1.807) is 84.9 Å². The van der Waals surface area contributed by atoms with Crippen molar-refractivity contribution in [3.05, 3.63) is 139 Å². The Morgan fingerprint density at radius 1 is 0.562 bits per heavy atom. The van der Waals surface area contributed by atoms with Crippen molar-refractivity contribution in [3.63, 3.8) is 0 Å². The molecular formula is C35H25N7O5S. The van der Waals surface area contributed by atoms with E-state index in [0.717, 1.165) is 11.8 Å². The number of phenols is 1. The van der Waals surface area contributed by atoms with Crippen LogP contribution in [0.25, 0.3) is 10.8 Å². The van der Waals surface area contributed by atoms with Crippen LogP contribution >= 0.6 is 0 Å². The second-order valence-corrected chi connectivity index (χ2v) is 11.7. The largest absolute Gasteiger partial charge is 0.505 e. The predicted molar refractivity (Wildman–Crippen MR) is 182 cm³/mol. The lowest BCUT2D eigenvalue weighted by Gasteiger charge is -2.11. The van der Waals surface area contributed by atoms with Gasteiger partial charge in [-0.2, -0.15) is 34.0 Å². The summed E-state index contributed by atoms with van der Waals surface area (Å²) in [6.07, 6.45) is 0. The highest BCUT2D eigenvalue weighted by atomic mass is 32.2. The smallest absolute Gasteiger partial charge is 0.296 e. The summed E-state index contributed by atoms with van der Waals surface area (Å²) in [5, 5.41) is 39.0. The maximum atomic E-state index is 12.6. The zero-order valence-corrected chi connectivity index (χ0v) is 25.7. The molecule has 236 valence electrons. The standard InChI is InChI=1S/C35H25N7O5S/c43-34-31-20-19-30(36-35(44)23-7-3-1-4-8-23)21-24(31)22-32(48(45,46)47)33(34)42-41-29-17-15-28(16-18-29)40-39-27-13-11-26(12-14-27)38-37-25-9-5-2-6-10-25/h1-22,43H,(H,36,44)(H,45,46,47). The minimum Gasteiger partial charge on any atom is -0.505 e. The maximum absolute atomic E-state index is 12.6. The van der Waals surface area contributed by atoms with E-state index < -0.39 is 26.5 Å². The summed E-state index contributed by atoms with van der Waals surface area (Å²) in [7, 11) is -4.83. The van der Waals surface area contributed by atoms with Crippen molar-refractivity contribution < 1.29 is 22.9 Å². The van der Waals surface area contributed by atoms with E-state index in [1.165, 1.54) is 12.1 Å². The molecule has 3 N–H and O–H groups in total. The topological polar surface area (TPSA) is 178 Å². The summed E-state index contributed by atoms with van der Waals surface area (Å²) in [5.74, 6) is -0.883. The molecule has 0 heterocycles. The van der Waals surface area contributed by atoms with Crippen LogP contribution in [0.15, 0.2) is 169 Å². The summed E-state index contributed by atoms with van der Waals surface area (Å²) in [4.78, 5) is 11.9. The van der Waals surface area contributed by atoms with Crippen molar-refractivity contribution >= 4 is 66.6 Å². The second kappa shape index (κ2) is 13.9. The van der Waals surface area contributed by atoms with Crippen molar-refractivity contribution in [3.8, 4) is 5.75 Å². The van der Waals surface area contributed by atoms with E-state index in [4.69, 9.17) is 0 Å². The van der Waals surface area contributed by atoms with Crippen molar-refractivity contribution in [2.45, 2.75) is 4.90 Å². The number of amides is 1. The number of phenolic OH excluding ortho intramolecular Hbond substituents is 1. The fourth-order valence-corrected chi connectivity index (χ4v) is 5.18. The Hall–Kier alpha value is -6.44. The van der Waals surface area contributed by atoms with Gasteiger partial charge in [-0.05, 0) is 102 Å². The SMILES string of the molecule is O=C(Nc1ccc2c(O)c(N=Nc3ccc(N=Nc4ccc(N=Nc5ccccc5)cc4)cc3)c(S(=O)(=O)O)cc2c1)c1ccccc1. The van der Waals surface area contributed by atoms with Gasteiger partial charge in [0, 0.05) is 16.6 Å². The molecule has 0 aliphatic heterocycles. The third-order valence-electron chi connectivity index (χ3n) is 6.91. The van der Waals surface area contributed by atoms with Gasteiger partial charge in [-0.3, -0.25) is 9.35 Å². The van der Waals surface area contributed by atoms with Gasteiger partial charge in [0.25, 0.3) is 16.0 Å². The first-order chi connectivity index (χ1) is 23.2. The first kappa shape index (κ1) is 31.5. The molecule has 0 aliphatic rings. The Balaban J connectivity index is 1.17. The molecule has 6 aromatic carbocycles. The van der Waals surface area contributed by atoms with Crippen LogP contribution in [0.5, 0.6) is 5.75 Å². The predicted octanol–water partition coefficient (Wildman–Crippen LogP) is 10.3. The average Bonchev–Trinajstić information content (AvgIpc) is 3.10. The number of anilines is 1. The number of nitrogens with zero attached hydrogens (tertiary/aromatic N) is 6. The number of carbonyl (C=O) groups is 1. The number of fused-ring (bicyclic) bond motifs is 1. The first-order valence-corrected chi connectivity index (χ1v) is 15.8. The van der Waals surface area contributed by atoms with E-state index in [0.29, 0.717) is 34.0 Å². The van der Waals surface area contributed by atoms with Gasteiger partial charge < -0.3 is 10.4 Å². The number of hydrogen-bond acceptors (Lipinski definition) is 10. The molecule has 6 aromatic rings. The van der Waals surface area contributed by atoms with Crippen LogP contribution in [-0.4, -0.2) is 24.0 Å². The lowest BCUT2D eigenvalue weighted by Crippen LogP contribution is -2.11. The van der Waals surface area contributed by atoms with Crippen LogP contribution in [0, 0.1) is 0 Å². The number of aromatic hydroxyl groups is 1. The van der Waals surface area contributed by atoms with Crippen LogP contribution in [0.1, 0.15) is 10.4 Å². The summed E-state index contributed by atoms with van der Waals surface area (Å²) in [5.41, 5.74) is 3.20. The van der Waals surface area contributed by atoms with Crippen molar-refractivity contribution in [2.24, 2.45) is 30.7 Å². The molecular weight excluding hydrogens is 630 g/mol. The highest BCUT2D eigenvalue weighted by molar-refractivity contribution is 7.86. The zero-order chi connectivity index (χ0) is 33.5. The van der Waals surface area contributed by atoms with Gasteiger partial charge in [-0.15, -0.1) is 5.11 Å². The number of carbonyl (C=O) groups excluding carboxylic acids is 1. The quantitative estimate of drug-likeness (QED) is 0.103. The molecule has 0 radical (unpaired) electrons. The van der Waals surface area contributed by atoms with Crippen molar-refractivity contribution in [1.82, 2.24) is 0 Å². The molecule has 6 rings (SSSR count). The molecule has 0 bridgehead atoms. The fourth-order valence-electron chi connectivity index (χ4n) is 4.52. The van der Waals surface area contributed by atoms with Gasteiger partial charge in [0.2, 0.25) is 0 Å². The molecule has 0 unspecified atom stereocenters. The Morgan fingerprint density at radius 3 is 1.52 bits per heavy atom. The lowest BCUT2D eigenvalue weighted by atomic mass is 10.1. The number of azo groups is 3. The minimum absolute atomic E-state index is 0.233. The number of benzene rings is 6. The van der Waals surface area contributed by atoms with Gasteiger partial charge in [0.05, 0.1) is 28.4 Å². The lowest BCUT2D eigenvalue weighted by molar-refractivity contribution is 0.102. The van der Waals surface area contributed by atoms with Crippen LogP contribution in [0.3, 0.4) is 0 Å². The first-order valence-electron chi connectivity index (χ1n) is 14.4. The third kappa shape index (κ3) is 7.67. The monoisotopic (exact) mass is 655 g/mol. The van der Waals surface area contributed by atoms with Crippen LogP contribution < -0.4 is 5.32 Å². The molecule has 13 heteroatoms. The Kier molecular flexibility index (Phi) is 9.14. The molecule has 1 amide bonds. The molecule has 0 saturated heterocycles. The van der Waals surface area contributed by atoms with Gasteiger partial charge in [0.1, 0.15) is 10.6 Å².